The zero-order chi connectivity index (χ0) is 26.9. The van der Waals surface area contributed by atoms with Gasteiger partial charge >= 0.3 is 0 Å². The van der Waals surface area contributed by atoms with Gasteiger partial charge in [0.1, 0.15) is 22.4 Å². The highest BCUT2D eigenvalue weighted by Gasteiger charge is 2.23. The Labute approximate surface area is 217 Å². The fourth-order valence-corrected chi connectivity index (χ4v) is 4.52. The van der Waals surface area contributed by atoms with Crippen LogP contribution in [0, 0.1) is 18.3 Å². The predicted molar refractivity (Wildman–Crippen MR) is 141 cm³/mol. The standard InChI is InChI=1S/C26H21ClN4O5S/c1-14-11-17(15(2)29-20-9-10-21(27)30-22(20)26(33)31-37(3,34)35)25-18(12-14)23(32)19(13-28)24(36-25)16-7-5-4-6-8-16/h4-12,15,29H,1-3H3,(H,31,33). The Kier molecular flexibility index (Phi) is 7.03. The number of anilines is 1. The van der Waals surface area contributed by atoms with Crippen LogP contribution in [-0.4, -0.2) is 25.6 Å². The van der Waals surface area contributed by atoms with Crippen molar-refractivity contribution in [3.05, 3.63) is 92.4 Å². The summed E-state index contributed by atoms with van der Waals surface area (Å²) < 4.78 is 31.3. The van der Waals surface area contributed by atoms with Gasteiger partial charge in [0.05, 0.1) is 23.4 Å². The van der Waals surface area contributed by atoms with Crippen molar-refractivity contribution in [1.29, 1.82) is 5.26 Å². The van der Waals surface area contributed by atoms with Gasteiger partial charge in [0.2, 0.25) is 15.5 Å². The third-order valence-corrected chi connectivity index (χ3v) is 6.27. The smallest absolute Gasteiger partial charge is 0.285 e. The van der Waals surface area contributed by atoms with Crippen molar-refractivity contribution in [2.75, 3.05) is 11.6 Å². The third-order valence-electron chi connectivity index (χ3n) is 5.51. The molecule has 2 N–H and O–H groups in total. The number of sulfonamides is 1. The van der Waals surface area contributed by atoms with Gasteiger partial charge in [-0.05, 0) is 37.6 Å². The molecule has 2 aromatic carbocycles. The number of fused-ring (bicyclic) bond motifs is 1. The molecule has 4 rings (SSSR count). The number of aromatic nitrogens is 1. The number of nitriles is 1. The fourth-order valence-electron chi connectivity index (χ4n) is 3.94. The average Bonchev–Trinajstić information content (AvgIpc) is 2.84. The Morgan fingerprint density at radius 3 is 2.51 bits per heavy atom. The number of aryl methyl sites for hydroxylation is 1. The number of rotatable bonds is 6. The van der Waals surface area contributed by atoms with Crippen molar-refractivity contribution < 1.29 is 17.6 Å². The molecule has 1 amide bonds. The summed E-state index contributed by atoms with van der Waals surface area (Å²) in [5, 5.41) is 13.1. The molecule has 0 radical (unpaired) electrons. The zero-order valence-corrected chi connectivity index (χ0v) is 21.6. The summed E-state index contributed by atoms with van der Waals surface area (Å²) in [7, 11) is -3.85. The Morgan fingerprint density at radius 1 is 1.16 bits per heavy atom. The Balaban J connectivity index is 1.86. The molecule has 0 spiro atoms. The van der Waals surface area contributed by atoms with Crippen LogP contribution in [0.3, 0.4) is 0 Å². The van der Waals surface area contributed by atoms with E-state index in [1.165, 1.54) is 12.1 Å². The van der Waals surface area contributed by atoms with Crippen molar-refractivity contribution in [1.82, 2.24) is 9.71 Å². The number of hydrogen-bond acceptors (Lipinski definition) is 8. The normalized spacial score (nSPS) is 12.1. The minimum Gasteiger partial charge on any atom is -0.454 e. The summed E-state index contributed by atoms with van der Waals surface area (Å²) in [5.74, 6) is -0.801. The molecule has 2 aromatic heterocycles. The molecule has 0 aliphatic rings. The van der Waals surface area contributed by atoms with Crippen LogP contribution in [-0.2, 0) is 10.0 Å². The number of carbonyl (C=O) groups excluding carboxylic acids is 1. The van der Waals surface area contributed by atoms with Crippen LogP contribution in [0.5, 0.6) is 0 Å². The Morgan fingerprint density at radius 2 is 1.86 bits per heavy atom. The molecule has 11 heteroatoms. The van der Waals surface area contributed by atoms with Gasteiger partial charge in [0, 0.05) is 11.1 Å². The number of pyridine rings is 1. The van der Waals surface area contributed by atoms with Gasteiger partial charge in [-0.2, -0.15) is 5.26 Å². The molecular formula is C26H21ClN4O5S. The van der Waals surface area contributed by atoms with Gasteiger partial charge in [-0.25, -0.2) is 18.1 Å². The largest absolute Gasteiger partial charge is 0.454 e. The first-order valence-electron chi connectivity index (χ1n) is 11.0. The van der Waals surface area contributed by atoms with Gasteiger partial charge in [-0.1, -0.05) is 48.0 Å². The van der Waals surface area contributed by atoms with E-state index in [1.807, 2.05) is 22.9 Å². The lowest BCUT2D eigenvalue weighted by Crippen LogP contribution is -2.31. The van der Waals surface area contributed by atoms with Crippen LogP contribution >= 0.6 is 11.6 Å². The Bertz CT molecular complexity index is 1750. The van der Waals surface area contributed by atoms with Gasteiger partial charge in [0.15, 0.2) is 11.5 Å². The maximum Gasteiger partial charge on any atom is 0.285 e. The average molecular weight is 537 g/mol. The van der Waals surface area contributed by atoms with Crippen LogP contribution in [0.25, 0.3) is 22.3 Å². The molecule has 0 saturated carbocycles. The van der Waals surface area contributed by atoms with Crippen LogP contribution in [0.15, 0.2) is 63.8 Å². The van der Waals surface area contributed by atoms with E-state index in [0.29, 0.717) is 11.1 Å². The molecular weight excluding hydrogens is 516 g/mol. The molecule has 0 aliphatic heterocycles. The topological polar surface area (TPSA) is 142 Å². The summed E-state index contributed by atoms with van der Waals surface area (Å²) in [6.45, 7) is 3.59. The highest BCUT2D eigenvalue weighted by Crippen LogP contribution is 2.32. The second kappa shape index (κ2) is 10.0. The summed E-state index contributed by atoms with van der Waals surface area (Å²) in [6.07, 6.45) is 0.853. The SMILES string of the molecule is Cc1cc(C(C)Nc2ccc(Cl)nc2C(=O)NS(C)(=O)=O)c2oc(-c3ccccc3)c(C#N)c(=O)c2c1. The summed E-state index contributed by atoms with van der Waals surface area (Å²) >= 11 is 5.96. The highest BCUT2D eigenvalue weighted by molar-refractivity contribution is 7.89. The minimum absolute atomic E-state index is 0.000363. The summed E-state index contributed by atoms with van der Waals surface area (Å²) in [5.41, 5.74) is 1.62. The summed E-state index contributed by atoms with van der Waals surface area (Å²) in [4.78, 5) is 29.9. The molecule has 0 bridgehead atoms. The first-order chi connectivity index (χ1) is 17.5. The number of nitrogens with zero attached hydrogens (tertiary/aromatic N) is 2. The molecule has 0 aliphatic carbocycles. The van der Waals surface area contributed by atoms with Crippen LogP contribution < -0.4 is 15.5 Å². The van der Waals surface area contributed by atoms with E-state index in [0.717, 1.165) is 11.8 Å². The fraction of sp³-hybridized carbons (Fsp3) is 0.154. The second-order valence-electron chi connectivity index (χ2n) is 8.44. The monoisotopic (exact) mass is 536 g/mol. The molecule has 0 fully saturated rings. The lowest BCUT2D eigenvalue weighted by molar-refractivity contribution is 0.0977. The quantitative estimate of drug-likeness (QED) is 0.342. The highest BCUT2D eigenvalue weighted by atomic mass is 35.5. The lowest BCUT2D eigenvalue weighted by atomic mass is 9.98. The van der Waals surface area contributed by atoms with Gasteiger partial charge in [-0.3, -0.25) is 9.59 Å². The zero-order valence-electron chi connectivity index (χ0n) is 20.0. The van der Waals surface area contributed by atoms with Crippen molar-refractivity contribution in [2.24, 2.45) is 0 Å². The van der Waals surface area contributed by atoms with Crippen molar-refractivity contribution in [3.8, 4) is 17.4 Å². The van der Waals surface area contributed by atoms with E-state index in [4.69, 9.17) is 16.0 Å². The molecule has 1 unspecified atom stereocenters. The molecule has 37 heavy (non-hydrogen) atoms. The molecule has 9 nitrogen and oxygen atoms in total. The lowest BCUT2D eigenvalue weighted by Gasteiger charge is -2.20. The Hall–Kier alpha value is -4.20. The van der Waals surface area contributed by atoms with Crippen molar-refractivity contribution in [2.45, 2.75) is 19.9 Å². The molecule has 1 atom stereocenters. The van der Waals surface area contributed by atoms with Crippen LogP contribution in [0.2, 0.25) is 5.15 Å². The number of nitrogens with one attached hydrogen (secondary N) is 2. The molecule has 4 aromatic rings. The first-order valence-corrected chi connectivity index (χ1v) is 13.3. The maximum atomic E-state index is 13.3. The van der Waals surface area contributed by atoms with Crippen LogP contribution in [0.4, 0.5) is 5.69 Å². The number of hydrogen-bond donors (Lipinski definition) is 2. The van der Waals surface area contributed by atoms with E-state index in [-0.39, 0.29) is 38.8 Å². The predicted octanol–water partition coefficient (Wildman–Crippen LogP) is 4.55. The number of benzene rings is 2. The van der Waals surface area contributed by atoms with E-state index in [1.54, 1.807) is 44.2 Å². The molecule has 188 valence electrons. The van der Waals surface area contributed by atoms with Gasteiger partial charge in [0.25, 0.3) is 5.91 Å². The number of halogens is 1. The van der Waals surface area contributed by atoms with E-state index in [2.05, 4.69) is 10.3 Å². The molecule has 2 heterocycles. The summed E-state index contributed by atoms with van der Waals surface area (Å²) in [6, 6.07) is 16.7. The van der Waals surface area contributed by atoms with E-state index in [9.17, 15) is 23.3 Å². The third kappa shape index (κ3) is 5.48. The van der Waals surface area contributed by atoms with E-state index >= 15 is 0 Å². The van der Waals surface area contributed by atoms with Crippen LogP contribution in [0.1, 0.15) is 40.1 Å². The first kappa shape index (κ1) is 25.9. The van der Waals surface area contributed by atoms with Gasteiger partial charge < -0.3 is 9.73 Å². The minimum atomic E-state index is -3.85. The second-order valence-corrected chi connectivity index (χ2v) is 10.6. The molecule has 0 saturated heterocycles. The van der Waals surface area contributed by atoms with E-state index < -0.39 is 27.4 Å². The number of carbonyl (C=O) groups is 1. The number of amides is 1. The van der Waals surface area contributed by atoms with Gasteiger partial charge in [-0.15, -0.1) is 0 Å². The van der Waals surface area contributed by atoms with Crippen molar-refractivity contribution >= 4 is 44.2 Å². The maximum absolute atomic E-state index is 13.3. The van der Waals surface area contributed by atoms with Crippen molar-refractivity contribution in [3.63, 3.8) is 0 Å².